The molecule has 1 fully saturated rings. The Labute approximate surface area is 200 Å². The molecule has 0 spiro atoms. The number of amides is 1. The van der Waals surface area contributed by atoms with Crippen LogP contribution in [0.25, 0.3) is 22.6 Å². The summed E-state index contributed by atoms with van der Waals surface area (Å²) in [5.41, 5.74) is 0.386. The van der Waals surface area contributed by atoms with Crippen molar-refractivity contribution >= 4 is 22.9 Å². The van der Waals surface area contributed by atoms with Gasteiger partial charge in [0.1, 0.15) is 23.9 Å². The number of alkyl halides is 3. The van der Waals surface area contributed by atoms with Gasteiger partial charge in [0.2, 0.25) is 5.91 Å². The molecule has 35 heavy (non-hydrogen) atoms. The van der Waals surface area contributed by atoms with Crippen LogP contribution in [0.4, 0.5) is 19.0 Å². The Kier molecular flexibility index (Phi) is 6.93. The van der Waals surface area contributed by atoms with E-state index in [4.69, 9.17) is 4.74 Å². The van der Waals surface area contributed by atoms with Crippen molar-refractivity contribution in [1.29, 1.82) is 0 Å². The van der Waals surface area contributed by atoms with Gasteiger partial charge in [-0.3, -0.25) is 9.78 Å². The van der Waals surface area contributed by atoms with Crippen LogP contribution in [0.3, 0.4) is 0 Å². The van der Waals surface area contributed by atoms with Gasteiger partial charge in [0.25, 0.3) is 0 Å². The Hall–Kier alpha value is -3.28. The van der Waals surface area contributed by atoms with Crippen LogP contribution in [0.5, 0.6) is 0 Å². The maximum atomic E-state index is 13.3. The third kappa shape index (κ3) is 5.07. The SMILES string of the molecule is CC[C@H](Nc1ncnc2c1nc(-c1ccc(C(F)(F)F)nc1)n2CC)C(=O)N1CC(C)OC(C)C1. The molecular formula is C23H28F3N7O2. The maximum absolute atomic E-state index is 13.3. The van der Waals surface area contributed by atoms with E-state index in [0.717, 1.165) is 12.3 Å². The lowest BCUT2D eigenvalue weighted by atomic mass is 10.1. The van der Waals surface area contributed by atoms with Crippen molar-refractivity contribution in [3.63, 3.8) is 0 Å². The molecule has 4 rings (SSSR count). The second-order valence-electron chi connectivity index (χ2n) is 8.61. The molecule has 1 saturated heterocycles. The minimum atomic E-state index is -4.52. The van der Waals surface area contributed by atoms with E-state index in [1.807, 2.05) is 27.7 Å². The molecule has 1 amide bonds. The van der Waals surface area contributed by atoms with Crippen LogP contribution < -0.4 is 5.32 Å². The van der Waals surface area contributed by atoms with Crippen LogP contribution in [-0.4, -0.2) is 66.6 Å². The van der Waals surface area contributed by atoms with Crippen LogP contribution in [0.1, 0.15) is 39.8 Å². The highest BCUT2D eigenvalue weighted by molar-refractivity contribution is 5.90. The van der Waals surface area contributed by atoms with Crippen LogP contribution in [0, 0.1) is 0 Å². The molecular weight excluding hydrogens is 463 g/mol. The molecule has 0 bridgehead atoms. The number of fused-ring (bicyclic) bond motifs is 1. The zero-order valence-corrected chi connectivity index (χ0v) is 20.0. The third-order valence-corrected chi connectivity index (χ3v) is 5.91. The molecule has 0 saturated carbocycles. The Balaban J connectivity index is 1.66. The monoisotopic (exact) mass is 491 g/mol. The van der Waals surface area contributed by atoms with Gasteiger partial charge in [-0.2, -0.15) is 13.2 Å². The molecule has 0 aromatic carbocycles. The molecule has 12 heteroatoms. The van der Waals surface area contributed by atoms with E-state index in [9.17, 15) is 18.0 Å². The smallest absolute Gasteiger partial charge is 0.372 e. The number of imidazole rings is 1. The predicted molar refractivity (Wildman–Crippen MR) is 124 cm³/mol. The first kappa shape index (κ1) is 24.8. The number of morpholine rings is 1. The lowest BCUT2D eigenvalue weighted by Gasteiger charge is -2.37. The second-order valence-corrected chi connectivity index (χ2v) is 8.61. The topological polar surface area (TPSA) is 98.1 Å². The van der Waals surface area contributed by atoms with E-state index in [0.29, 0.717) is 54.4 Å². The molecule has 9 nitrogen and oxygen atoms in total. The average Bonchev–Trinajstić information content (AvgIpc) is 3.20. The molecule has 188 valence electrons. The fourth-order valence-corrected chi connectivity index (χ4v) is 4.34. The molecule has 2 unspecified atom stereocenters. The average molecular weight is 492 g/mol. The first-order valence-electron chi connectivity index (χ1n) is 11.6. The van der Waals surface area contributed by atoms with Gasteiger partial charge in [0.15, 0.2) is 17.0 Å². The summed E-state index contributed by atoms with van der Waals surface area (Å²) < 4.78 is 46.3. The standard InChI is InChI=1S/C23H28F3N7O2/c1-5-16(22(34)32-10-13(3)35-14(4)11-32)30-19-18-21(29-12-28-19)33(6-2)20(31-18)15-7-8-17(27-9-15)23(24,25)26/h7-9,12-14,16H,5-6,10-11H2,1-4H3,(H,28,29,30)/t13?,14?,16-/m0/s1. The minimum absolute atomic E-state index is 0.0499. The zero-order valence-electron chi connectivity index (χ0n) is 20.0. The van der Waals surface area contributed by atoms with Gasteiger partial charge in [-0.25, -0.2) is 15.0 Å². The Morgan fingerprint density at radius 2 is 1.89 bits per heavy atom. The summed E-state index contributed by atoms with van der Waals surface area (Å²) in [6.45, 7) is 9.16. The van der Waals surface area contributed by atoms with Gasteiger partial charge in [0, 0.05) is 31.4 Å². The van der Waals surface area contributed by atoms with Gasteiger partial charge in [-0.15, -0.1) is 0 Å². The largest absolute Gasteiger partial charge is 0.433 e. The van der Waals surface area contributed by atoms with Crippen molar-refractivity contribution in [2.45, 2.75) is 65.1 Å². The number of pyridine rings is 1. The van der Waals surface area contributed by atoms with Crippen molar-refractivity contribution in [3.8, 4) is 11.4 Å². The normalized spacial score (nSPS) is 19.7. The summed E-state index contributed by atoms with van der Waals surface area (Å²) >= 11 is 0. The number of halogens is 3. The van der Waals surface area contributed by atoms with Gasteiger partial charge in [-0.05, 0) is 39.3 Å². The summed E-state index contributed by atoms with van der Waals surface area (Å²) in [5.74, 6) is 0.753. The van der Waals surface area contributed by atoms with Crippen molar-refractivity contribution in [1.82, 2.24) is 29.4 Å². The highest BCUT2D eigenvalue weighted by Gasteiger charge is 2.33. The molecule has 3 aromatic heterocycles. The molecule has 0 aliphatic carbocycles. The number of aromatic nitrogens is 5. The predicted octanol–water partition coefficient (Wildman–Crippen LogP) is 3.75. The highest BCUT2D eigenvalue weighted by atomic mass is 19.4. The van der Waals surface area contributed by atoms with E-state index in [2.05, 4.69) is 25.3 Å². The number of carbonyl (C=O) groups is 1. The first-order chi connectivity index (χ1) is 16.6. The van der Waals surface area contributed by atoms with Crippen molar-refractivity contribution < 1.29 is 22.7 Å². The molecule has 4 heterocycles. The zero-order chi connectivity index (χ0) is 25.3. The summed E-state index contributed by atoms with van der Waals surface area (Å²) in [6, 6.07) is 1.73. The number of nitrogens with one attached hydrogen (secondary N) is 1. The molecule has 1 aliphatic heterocycles. The van der Waals surface area contributed by atoms with Crippen LogP contribution in [0.15, 0.2) is 24.7 Å². The summed E-state index contributed by atoms with van der Waals surface area (Å²) in [7, 11) is 0. The lowest BCUT2D eigenvalue weighted by molar-refractivity contribution is -0.144. The minimum Gasteiger partial charge on any atom is -0.372 e. The molecule has 1 aliphatic rings. The summed E-state index contributed by atoms with van der Waals surface area (Å²) in [5, 5.41) is 3.22. The quantitative estimate of drug-likeness (QED) is 0.561. The van der Waals surface area contributed by atoms with E-state index in [1.54, 1.807) is 9.47 Å². The Bertz CT molecular complexity index is 1190. The Morgan fingerprint density at radius 3 is 2.46 bits per heavy atom. The van der Waals surface area contributed by atoms with Crippen molar-refractivity contribution in [3.05, 3.63) is 30.4 Å². The van der Waals surface area contributed by atoms with Crippen LogP contribution in [0.2, 0.25) is 0 Å². The van der Waals surface area contributed by atoms with E-state index in [-0.39, 0.29) is 18.1 Å². The van der Waals surface area contributed by atoms with Crippen LogP contribution in [-0.2, 0) is 22.3 Å². The van der Waals surface area contributed by atoms with Gasteiger partial charge < -0.3 is 19.5 Å². The fourth-order valence-electron chi connectivity index (χ4n) is 4.34. The number of anilines is 1. The van der Waals surface area contributed by atoms with Gasteiger partial charge >= 0.3 is 6.18 Å². The molecule has 3 aromatic rings. The van der Waals surface area contributed by atoms with Gasteiger partial charge in [0.05, 0.1) is 12.2 Å². The number of hydrogen-bond acceptors (Lipinski definition) is 7. The number of carbonyl (C=O) groups excluding carboxylic acids is 1. The van der Waals surface area contributed by atoms with Crippen LogP contribution >= 0.6 is 0 Å². The van der Waals surface area contributed by atoms with E-state index in [1.165, 1.54) is 12.4 Å². The van der Waals surface area contributed by atoms with E-state index >= 15 is 0 Å². The van der Waals surface area contributed by atoms with Crippen molar-refractivity contribution in [2.75, 3.05) is 18.4 Å². The number of ether oxygens (including phenoxy) is 1. The highest BCUT2D eigenvalue weighted by Crippen LogP contribution is 2.31. The number of nitrogens with zero attached hydrogens (tertiary/aromatic N) is 6. The lowest BCUT2D eigenvalue weighted by Crippen LogP contribution is -2.52. The first-order valence-corrected chi connectivity index (χ1v) is 11.6. The number of hydrogen-bond donors (Lipinski definition) is 1. The third-order valence-electron chi connectivity index (χ3n) is 5.91. The van der Waals surface area contributed by atoms with Gasteiger partial charge in [-0.1, -0.05) is 6.92 Å². The van der Waals surface area contributed by atoms with Crippen molar-refractivity contribution in [2.24, 2.45) is 0 Å². The second kappa shape index (κ2) is 9.76. The molecule has 0 radical (unpaired) electrons. The Morgan fingerprint density at radius 1 is 1.17 bits per heavy atom. The number of rotatable bonds is 6. The summed E-state index contributed by atoms with van der Waals surface area (Å²) in [4.78, 5) is 31.9. The van der Waals surface area contributed by atoms with E-state index < -0.39 is 17.9 Å². The summed E-state index contributed by atoms with van der Waals surface area (Å²) in [6.07, 6.45) is -1.57. The molecule has 1 N–H and O–H groups in total. The molecule has 3 atom stereocenters. The fraction of sp³-hybridized carbons (Fsp3) is 0.522. The maximum Gasteiger partial charge on any atom is 0.433 e. The number of aryl methyl sites for hydroxylation is 1.